The third-order valence-corrected chi connectivity index (χ3v) is 6.37. The Morgan fingerprint density at radius 2 is 1.82 bits per heavy atom. The standard InChI is InChI=1S/C26H23N5O2S/c1-18-9-7-10-20(15-18)16-27-30-22(23-13-8-14-33-23)17-34-26(30)28-24-19(2)29(3)31(25(24)32)21-11-5-4-6-12-21/h4-17H,1-3H3. The maximum Gasteiger partial charge on any atom is 0.297 e. The van der Waals surface area contributed by atoms with E-state index in [0.29, 0.717) is 16.2 Å². The lowest BCUT2D eigenvalue weighted by molar-refractivity contribution is 0.575. The first-order chi connectivity index (χ1) is 16.5. The van der Waals surface area contributed by atoms with Crippen molar-refractivity contribution in [2.24, 2.45) is 17.1 Å². The van der Waals surface area contributed by atoms with Gasteiger partial charge in [0.05, 0.1) is 23.9 Å². The minimum absolute atomic E-state index is 0.187. The summed E-state index contributed by atoms with van der Waals surface area (Å²) in [7, 11) is 1.86. The van der Waals surface area contributed by atoms with Crippen LogP contribution in [0.2, 0.25) is 0 Å². The molecule has 34 heavy (non-hydrogen) atoms. The number of furan rings is 1. The van der Waals surface area contributed by atoms with Gasteiger partial charge in [-0.05, 0) is 43.7 Å². The molecule has 3 aromatic heterocycles. The Morgan fingerprint density at radius 1 is 1.00 bits per heavy atom. The van der Waals surface area contributed by atoms with Gasteiger partial charge < -0.3 is 4.42 Å². The van der Waals surface area contributed by atoms with Crippen LogP contribution < -0.4 is 10.4 Å². The zero-order chi connectivity index (χ0) is 23.7. The molecule has 0 N–H and O–H groups in total. The van der Waals surface area contributed by atoms with Crippen molar-refractivity contribution in [2.45, 2.75) is 13.8 Å². The average molecular weight is 470 g/mol. The first-order valence-corrected chi connectivity index (χ1v) is 11.6. The lowest BCUT2D eigenvalue weighted by Gasteiger charge is -2.07. The molecule has 0 aliphatic carbocycles. The fourth-order valence-electron chi connectivity index (χ4n) is 3.74. The third kappa shape index (κ3) is 3.99. The number of benzene rings is 2. The number of para-hydroxylation sites is 1. The summed E-state index contributed by atoms with van der Waals surface area (Å²) >= 11 is 1.40. The topological polar surface area (TPSA) is 69.7 Å². The van der Waals surface area contributed by atoms with E-state index >= 15 is 0 Å². The zero-order valence-electron chi connectivity index (χ0n) is 19.0. The molecule has 0 aliphatic rings. The van der Waals surface area contributed by atoms with Crippen molar-refractivity contribution >= 4 is 23.2 Å². The molecular formula is C26H23N5O2S. The normalized spacial score (nSPS) is 12.1. The zero-order valence-corrected chi connectivity index (χ0v) is 19.9. The van der Waals surface area contributed by atoms with Gasteiger partial charge in [0.15, 0.2) is 11.4 Å². The van der Waals surface area contributed by atoms with Gasteiger partial charge in [0.2, 0.25) is 4.80 Å². The fraction of sp³-hybridized carbons (Fsp3) is 0.115. The van der Waals surface area contributed by atoms with E-state index < -0.39 is 0 Å². The number of thiazole rings is 1. The molecule has 0 atom stereocenters. The van der Waals surface area contributed by atoms with Crippen LogP contribution in [0, 0.1) is 13.8 Å². The second-order valence-corrected chi connectivity index (χ2v) is 8.71. The molecule has 170 valence electrons. The predicted molar refractivity (Wildman–Crippen MR) is 135 cm³/mol. The van der Waals surface area contributed by atoms with Crippen LogP contribution in [-0.4, -0.2) is 20.3 Å². The Bertz CT molecular complexity index is 1600. The molecule has 0 spiro atoms. The highest BCUT2D eigenvalue weighted by Gasteiger charge is 2.17. The SMILES string of the molecule is Cc1cccc(C=Nn2c(-c3ccco3)csc2=Nc2c(C)n(C)n(-c3ccccc3)c2=O)c1. The summed E-state index contributed by atoms with van der Waals surface area (Å²) in [4.78, 5) is 18.7. The van der Waals surface area contributed by atoms with Crippen LogP contribution in [-0.2, 0) is 7.05 Å². The Labute approximate surface area is 200 Å². The summed E-state index contributed by atoms with van der Waals surface area (Å²) in [6.07, 6.45) is 3.41. The first kappa shape index (κ1) is 21.7. The summed E-state index contributed by atoms with van der Waals surface area (Å²) in [6, 6.07) is 21.3. The molecule has 0 aliphatic heterocycles. The summed E-state index contributed by atoms with van der Waals surface area (Å²) in [6.45, 7) is 3.93. The van der Waals surface area contributed by atoms with Crippen molar-refractivity contribution in [1.29, 1.82) is 0 Å². The third-order valence-electron chi connectivity index (χ3n) is 5.55. The summed E-state index contributed by atoms with van der Waals surface area (Å²) < 4.78 is 10.8. The van der Waals surface area contributed by atoms with Crippen LogP contribution in [0.4, 0.5) is 5.69 Å². The Morgan fingerprint density at radius 3 is 2.56 bits per heavy atom. The lowest BCUT2D eigenvalue weighted by Crippen LogP contribution is -2.19. The number of rotatable bonds is 5. The van der Waals surface area contributed by atoms with E-state index in [1.54, 1.807) is 21.8 Å². The van der Waals surface area contributed by atoms with Gasteiger partial charge in [-0.25, -0.2) is 14.4 Å². The van der Waals surface area contributed by atoms with Crippen molar-refractivity contribution in [3.05, 3.63) is 110 Å². The molecular weight excluding hydrogens is 446 g/mol. The average Bonchev–Trinajstić information content (AvgIpc) is 3.55. The molecule has 2 aromatic carbocycles. The van der Waals surface area contributed by atoms with Gasteiger partial charge in [-0.2, -0.15) is 5.10 Å². The number of aromatic nitrogens is 3. The number of nitrogens with zero attached hydrogens (tertiary/aromatic N) is 5. The molecule has 0 amide bonds. The molecule has 0 radical (unpaired) electrons. The minimum atomic E-state index is -0.187. The van der Waals surface area contributed by atoms with Crippen LogP contribution in [0.5, 0.6) is 0 Å². The highest BCUT2D eigenvalue weighted by molar-refractivity contribution is 7.07. The van der Waals surface area contributed by atoms with E-state index in [1.807, 2.05) is 91.6 Å². The summed E-state index contributed by atoms with van der Waals surface area (Å²) in [5.41, 5.74) is 4.61. The van der Waals surface area contributed by atoms with E-state index in [-0.39, 0.29) is 5.56 Å². The van der Waals surface area contributed by atoms with E-state index in [0.717, 1.165) is 28.2 Å². The lowest BCUT2D eigenvalue weighted by atomic mass is 10.2. The molecule has 0 saturated carbocycles. The van der Waals surface area contributed by atoms with Gasteiger partial charge in [0.1, 0.15) is 5.69 Å². The van der Waals surface area contributed by atoms with Gasteiger partial charge >= 0.3 is 0 Å². The molecule has 8 heteroatoms. The van der Waals surface area contributed by atoms with Crippen molar-refractivity contribution in [3.63, 3.8) is 0 Å². The van der Waals surface area contributed by atoms with Crippen LogP contribution in [0.15, 0.2) is 97.7 Å². The predicted octanol–water partition coefficient (Wildman–Crippen LogP) is 5.03. The smallest absolute Gasteiger partial charge is 0.297 e. The van der Waals surface area contributed by atoms with Gasteiger partial charge in [-0.3, -0.25) is 9.48 Å². The number of hydrogen-bond donors (Lipinski definition) is 0. The largest absolute Gasteiger partial charge is 0.463 e. The fourth-order valence-corrected chi connectivity index (χ4v) is 4.56. The Balaban J connectivity index is 1.68. The molecule has 3 heterocycles. The van der Waals surface area contributed by atoms with Crippen LogP contribution in [0.1, 0.15) is 16.8 Å². The molecule has 0 unspecified atom stereocenters. The van der Waals surface area contributed by atoms with Gasteiger partial charge in [0.25, 0.3) is 5.56 Å². The van der Waals surface area contributed by atoms with Gasteiger partial charge in [-0.15, -0.1) is 11.3 Å². The summed E-state index contributed by atoms with van der Waals surface area (Å²) in [5, 5.41) is 6.64. The summed E-state index contributed by atoms with van der Waals surface area (Å²) in [5.74, 6) is 0.672. The van der Waals surface area contributed by atoms with E-state index in [2.05, 4.69) is 6.07 Å². The van der Waals surface area contributed by atoms with Gasteiger partial charge in [-0.1, -0.05) is 48.0 Å². The van der Waals surface area contributed by atoms with E-state index in [9.17, 15) is 4.79 Å². The highest BCUT2D eigenvalue weighted by atomic mass is 32.1. The van der Waals surface area contributed by atoms with Crippen molar-refractivity contribution in [3.8, 4) is 17.1 Å². The molecule has 5 aromatic rings. The monoisotopic (exact) mass is 469 g/mol. The van der Waals surface area contributed by atoms with Crippen molar-refractivity contribution in [1.82, 2.24) is 14.0 Å². The molecule has 7 nitrogen and oxygen atoms in total. The number of aryl methyl sites for hydroxylation is 1. The van der Waals surface area contributed by atoms with Crippen LogP contribution in [0.3, 0.4) is 0 Å². The molecule has 0 saturated heterocycles. The van der Waals surface area contributed by atoms with Crippen LogP contribution in [0.25, 0.3) is 17.1 Å². The number of hydrogen-bond acceptors (Lipinski definition) is 5. The van der Waals surface area contributed by atoms with E-state index in [1.165, 1.54) is 11.3 Å². The van der Waals surface area contributed by atoms with Crippen molar-refractivity contribution < 1.29 is 4.42 Å². The molecule has 5 rings (SSSR count). The minimum Gasteiger partial charge on any atom is -0.463 e. The Kier molecular flexibility index (Phi) is 5.73. The van der Waals surface area contributed by atoms with Crippen LogP contribution >= 0.6 is 11.3 Å². The maximum atomic E-state index is 13.4. The van der Waals surface area contributed by atoms with Crippen molar-refractivity contribution in [2.75, 3.05) is 0 Å². The second-order valence-electron chi connectivity index (χ2n) is 7.87. The van der Waals surface area contributed by atoms with E-state index in [4.69, 9.17) is 14.5 Å². The van der Waals surface area contributed by atoms with Gasteiger partial charge in [0, 0.05) is 12.4 Å². The molecule has 0 bridgehead atoms. The second kappa shape index (κ2) is 8.99. The first-order valence-electron chi connectivity index (χ1n) is 10.8. The quantitative estimate of drug-likeness (QED) is 0.339. The molecule has 0 fully saturated rings. The highest BCUT2D eigenvalue weighted by Crippen LogP contribution is 2.22. The Hall–Kier alpha value is -4.17. The maximum absolute atomic E-state index is 13.4.